The summed E-state index contributed by atoms with van der Waals surface area (Å²) in [5, 5.41) is 0. The Labute approximate surface area is 48.2 Å². The van der Waals surface area contributed by atoms with Crippen molar-refractivity contribution in [3.8, 4) is 0 Å². The fraction of sp³-hybridized carbons (Fsp3) is 0.333. The molecule has 0 bridgehead atoms. The van der Waals surface area contributed by atoms with Crippen LogP contribution >= 0.6 is 0 Å². The lowest BCUT2D eigenvalue weighted by atomic mass is 10.2. The van der Waals surface area contributed by atoms with Crippen LogP contribution in [-0.2, 0) is 9.59 Å². The van der Waals surface area contributed by atoms with E-state index < -0.39 is 0 Å². The third-order valence-corrected chi connectivity index (χ3v) is 0.656. The lowest BCUT2D eigenvalue weighted by Crippen LogP contribution is -1.77. The van der Waals surface area contributed by atoms with Crippen molar-refractivity contribution < 1.29 is 9.59 Å². The highest BCUT2D eigenvalue weighted by atomic mass is 16.1. The number of hydrogen-bond donors (Lipinski definition) is 0. The summed E-state index contributed by atoms with van der Waals surface area (Å²) < 4.78 is 0. The van der Waals surface area contributed by atoms with E-state index in [0.29, 0.717) is 5.57 Å². The van der Waals surface area contributed by atoms with Crippen LogP contribution in [0.5, 0.6) is 0 Å². The van der Waals surface area contributed by atoms with Crippen molar-refractivity contribution in [3.63, 3.8) is 0 Å². The summed E-state index contributed by atoms with van der Waals surface area (Å²) in [7, 11) is 0. The lowest BCUT2D eigenvalue weighted by molar-refractivity contribution is 0.555. The van der Waals surface area contributed by atoms with Crippen molar-refractivity contribution in [2.45, 2.75) is 13.3 Å². The van der Waals surface area contributed by atoms with Crippen molar-refractivity contribution in [1.29, 1.82) is 0 Å². The Balaban J connectivity index is 3.60. The molecule has 0 aliphatic rings. The molecular weight excluding hydrogens is 104 g/mol. The van der Waals surface area contributed by atoms with Gasteiger partial charge in [0.1, 0.15) is 0 Å². The summed E-state index contributed by atoms with van der Waals surface area (Å²) in [5.74, 6) is 0. The van der Waals surface area contributed by atoms with Crippen LogP contribution in [0, 0.1) is 0 Å². The highest BCUT2D eigenvalue weighted by molar-refractivity contribution is 5.68. The number of carbonyl (C=O) groups excluding carboxylic acids is 2. The van der Waals surface area contributed by atoms with Crippen LogP contribution in [-0.4, -0.2) is 12.6 Å². The Morgan fingerprint density at radius 2 is 2.25 bits per heavy atom. The molecule has 0 aliphatic heterocycles. The van der Waals surface area contributed by atoms with E-state index >= 15 is 0 Å². The predicted octanol–water partition coefficient (Wildman–Crippen LogP) is 0.542. The molecule has 2 nitrogen and oxygen atoms in total. The quantitative estimate of drug-likeness (QED) is 0.497. The molecule has 0 atom stereocenters. The zero-order chi connectivity index (χ0) is 6.41. The maximum atomic E-state index is 9.59. The van der Waals surface area contributed by atoms with Crippen molar-refractivity contribution in [2.75, 3.05) is 0 Å². The molecule has 2 heteroatoms. The Morgan fingerprint density at radius 3 is 2.62 bits per heavy atom. The first-order chi connectivity index (χ1) is 3.81. The molecule has 0 spiro atoms. The Bertz CT molecular complexity index is 114. The predicted molar refractivity (Wildman–Crippen MR) is 29.8 cm³/mol. The van der Waals surface area contributed by atoms with E-state index in [1.165, 1.54) is 6.08 Å². The summed E-state index contributed by atoms with van der Waals surface area (Å²) in [5.41, 5.74) is 0.690. The molecule has 0 saturated heterocycles. The van der Waals surface area contributed by atoms with E-state index in [2.05, 4.69) is 0 Å². The first-order valence-corrected chi connectivity index (χ1v) is 2.19. The minimum atomic E-state index is 0.204. The van der Waals surface area contributed by atoms with Crippen molar-refractivity contribution in [1.82, 2.24) is 0 Å². The van der Waals surface area contributed by atoms with Crippen LogP contribution in [0.3, 0.4) is 0 Å². The van der Waals surface area contributed by atoms with Crippen LogP contribution in [0.2, 0.25) is 0 Å². The molecule has 0 rings (SSSR count). The standard InChI is InChI=1S/C6H6O2/c1-6(2-4-7)3-5-8/h2H,3H2,1H3/b6-2+. The van der Waals surface area contributed by atoms with Crippen LogP contribution in [0.1, 0.15) is 13.3 Å². The highest BCUT2D eigenvalue weighted by Gasteiger charge is 1.84. The zero-order valence-electron chi connectivity index (χ0n) is 4.60. The second kappa shape index (κ2) is 4.24. The summed E-state index contributed by atoms with van der Waals surface area (Å²) in [6, 6.07) is 0. The summed E-state index contributed by atoms with van der Waals surface area (Å²) in [6.45, 7) is 1.68. The lowest BCUT2D eigenvalue weighted by Gasteiger charge is -1.82. The second-order valence-electron chi connectivity index (χ2n) is 1.43. The average Bonchev–Trinajstić information content (AvgIpc) is 1.68. The molecule has 0 unspecified atom stereocenters. The molecule has 2 radical (unpaired) electrons. The van der Waals surface area contributed by atoms with Gasteiger partial charge in [0.15, 0.2) is 0 Å². The van der Waals surface area contributed by atoms with Gasteiger partial charge in [0.25, 0.3) is 0 Å². The van der Waals surface area contributed by atoms with Gasteiger partial charge in [-0.3, -0.25) is 9.59 Å². The molecule has 0 heterocycles. The van der Waals surface area contributed by atoms with Gasteiger partial charge in [-0.2, -0.15) is 0 Å². The van der Waals surface area contributed by atoms with E-state index in [0.717, 1.165) is 0 Å². The summed E-state index contributed by atoms with van der Waals surface area (Å²) in [4.78, 5) is 19.2. The Hall–Kier alpha value is -0.920. The van der Waals surface area contributed by atoms with Crippen molar-refractivity contribution in [2.24, 2.45) is 0 Å². The number of rotatable bonds is 3. The van der Waals surface area contributed by atoms with Crippen LogP contribution in [0.25, 0.3) is 0 Å². The van der Waals surface area contributed by atoms with Crippen LogP contribution in [0.4, 0.5) is 0 Å². The first kappa shape index (κ1) is 7.08. The van der Waals surface area contributed by atoms with Crippen molar-refractivity contribution in [3.05, 3.63) is 11.6 Å². The third-order valence-electron chi connectivity index (χ3n) is 0.656. The van der Waals surface area contributed by atoms with E-state index in [1.54, 1.807) is 19.5 Å². The zero-order valence-corrected chi connectivity index (χ0v) is 4.60. The second-order valence-corrected chi connectivity index (χ2v) is 1.43. The largest absolute Gasteiger partial charge is 0.291 e. The minimum absolute atomic E-state index is 0.204. The van der Waals surface area contributed by atoms with E-state index in [1.807, 2.05) is 0 Å². The third kappa shape index (κ3) is 3.28. The topological polar surface area (TPSA) is 34.1 Å². The van der Waals surface area contributed by atoms with E-state index in [-0.39, 0.29) is 6.42 Å². The fourth-order valence-corrected chi connectivity index (χ4v) is 0.265. The molecule has 0 amide bonds. The number of allylic oxidation sites excluding steroid dienone is 2. The number of hydrogen-bond acceptors (Lipinski definition) is 2. The average molecular weight is 110 g/mol. The first-order valence-electron chi connectivity index (χ1n) is 2.19. The van der Waals surface area contributed by atoms with Crippen LogP contribution in [0.15, 0.2) is 11.6 Å². The summed E-state index contributed by atoms with van der Waals surface area (Å²) in [6.07, 6.45) is 4.65. The van der Waals surface area contributed by atoms with Gasteiger partial charge >= 0.3 is 0 Å². The van der Waals surface area contributed by atoms with Gasteiger partial charge in [0.05, 0.1) is 0 Å². The maximum Gasteiger partial charge on any atom is 0.225 e. The van der Waals surface area contributed by atoms with Gasteiger partial charge in [0, 0.05) is 6.42 Å². The van der Waals surface area contributed by atoms with E-state index in [9.17, 15) is 9.59 Å². The Morgan fingerprint density at radius 1 is 1.62 bits per heavy atom. The van der Waals surface area contributed by atoms with Crippen molar-refractivity contribution >= 4 is 12.6 Å². The Kier molecular flexibility index (Phi) is 3.76. The molecule has 0 aromatic carbocycles. The van der Waals surface area contributed by atoms with Crippen LogP contribution < -0.4 is 0 Å². The normalized spacial score (nSPS) is 10.9. The molecule has 0 N–H and O–H groups in total. The molecule has 0 aromatic rings. The van der Waals surface area contributed by atoms with Gasteiger partial charge in [-0.05, 0) is 13.0 Å². The molecule has 0 aromatic heterocycles. The highest BCUT2D eigenvalue weighted by Crippen LogP contribution is 1.92. The monoisotopic (exact) mass is 110 g/mol. The van der Waals surface area contributed by atoms with Gasteiger partial charge in [-0.25, -0.2) is 0 Å². The molecule has 42 valence electrons. The van der Waals surface area contributed by atoms with E-state index in [4.69, 9.17) is 0 Å². The smallest absolute Gasteiger partial charge is 0.225 e. The molecular formula is C6H6O2. The SMILES string of the molecule is C/C(=C\[C]=O)C[C]=O. The van der Waals surface area contributed by atoms with Gasteiger partial charge in [0.2, 0.25) is 12.6 Å². The molecule has 0 saturated carbocycles. The summed E-state index contributed by atoms with van der Waals surface area (Å²) >= 11 is 0. The van der Waals surface area contributed by atoms with Gasteiger partial charge < -0.3 is 0 Å². The minimum Gasteiger partial charge on any atom is -0.291 e. The van der Waals surface area contributed by atoms with Gasteiger partial charge in [-0.1, -0.05) is 5.57 Å². The molecule has 0 fully saturated rings. The molecule has 0 aliphatic carbocycles. The maximum absolute atomic E-state index is 9.59. The van der Waals surface area contributed by atoms with Gasteiger partial charge in [-0.15, -0.1) is 0 Å². The fourth-order valence-electron chi connectivity index (χ4n) is 0.265. The molecule has 8 heavy (non-hydrogen) atoms.